The molecule has 5 heteroatoms. The van der Waals surface area contributed by atoms with Crippen molar-refractivity contribution in [3.8, 4) is 0 Å². The third kappa shape index (κ3) is 3.78. The molecule has 1 heterocycles. The summed E-state index contributed by atoms with van der Waals surface area (Å²) in [5.74, 6) is 0.00794. The van der Waals surface area contributed by atoms with Gasteiger partial charge in [-0.1, -0.05) is 17.7 Å². The molecule has 4 nitrogen and oxygen atoms in total. The number of benzene rings is 1. The Hall–Kier alpha value is -1.75. The van der Waals surface area contributed by atoms with Gasteiger partial charge in [-0.2, -0.15) is 5.10 Å². The standard InChI is InChI=1S/C18H25N3OS/c1-10-8-11(2)17(12(3)9-10)23-15(6)18(22)19-16-13(4)20-21(7)14(16)5/h8-9,15H,1-7H3,(H,19,22)/t15-/m0/s1. The molecule has 124 valence electrons. The normalized spacial score (nSPS) is 12.3. The van der Waals surface area contributed by atoms with Crippen molar-refractivity contribution in [2.45, 2.75) is 51.7 Å². The Balaban J connectivity index is 2.15. The van der Waals surface area contributed by atoms with E-state index in [1.54, 1.807) is 16.4 Å². The van der Waals surface area contributed by atoms with E-state index in [4.69, 9.17) is 0 Å². The molecule has 0 aliphatic carbocycles. The van der Waals surface area contributed by atoms with E-state index in [1.165, 1.54) is 21.6 Å². The van der Waals surface area contributed by atoms with Gasteiger partial charge in [0.15, 0.2) is 0 Å². The minimum Gasteiger partial charge on any atom is -0.322 e. The van der Waals surface area contributed by atoms with E-state index in [1.807, 2.05) is 27.8 Å². The molecular formula is C18H25N3OS. The first-order chi connectivity index (χ1) is 10.7. The highest BCUT2D eigenvalue weighted by Gasteiger charge is 2.20. The topological polar surface area (TPSA) is 46.9 Å². The zero-order valence-corrected chi connectivity index (χ0v) is 15.8. The van der Waals surface area contributed by atoms with Gasteiger partial charge < -0.3 is 5.32 Å². The lowest BCUT2D eigenvalue weighted by Crippen LogP contribution is -2.23. The molecule has 1 atom stereocenters. The molecule has 2 aromatic rings. The lowest BCUT2D eigenvalue weighted by atomic mass is 10.1. The van der Waals surface area contributed by atoms with Crippen molar-refractivity contribution in [1.29, 1.82) is 0 Å². The minimum absolute atomic E-state index is 0.00794. The van der Waals surface area contributed by atoms with Crippen LogP contribution in [0.4, 0.5) is 5.69 Å². The number of aromatic nitrogens is 2. The first kappa shape index (κ1) is 17.6. The number of nitrogens with zero attached hydrogens (tertiary/aromatic N) is 2. The Morgan fingerprint density at radius 3 is 2.22 bits per heavy atom. The number of carbonyl (C=O) groups excluding carboxylic acids is 1. The molecule has 23 heavy (non-hydrogen) atoms. The highest BCUT2D eigenvalue weighted by atomic mass is 32.2. The Bertz CT molecular complexity index is 726. The van der Waals surface area contributed by atoms with Crippen LogP contribution in [0.3, 0.4) is 0 Å². The number of thioether (sulfide) groups is 1. The van der Waals surface area contributed by atoms with Gasteiger partial charge in [0.25, 0.3) is 0 Å². The second kappa shape index (κ2) is 6.79. The predicted octanol–water partition coefficient (Wildman–Crippen LogP) is 4.08. The first-order valence-electron chi connectivity index (χ1n) is 7.76. The maximum Gasteiger partial charge on any atom is 0.237 e. The number of anilines is 1. The Morgan fingerprint density at radius 2 is 1.74 bits per heavy atom. The predicted molar refractivity (Wildman–Crippen MR) is 97.3 cm³/mol. The van der Waals surface area contributed by atoms with Crippen LogP contribution in [0.5, 0.6) is 0 Å². The van der Waals surface area contributed by atoms with Crippen LogP contribution in [-0.4, -0.2) is 20.9 Å². The number of amides is 1. The minimum atomic E-state index is -0.172. The third-order valence-corrected chi connectivity index (χ3v) is 5.47. The molecule has 1 aromatic carbocycles. The van der Waals surface area contributed by atoms with E-state index < -0.39 is 0 Å². The lowest BCUT2D eigenvalue weighted by molar-refractivity contribution is -0.115. The van der Waals surface area contributed by atoms with Crippen LogP contribution in [-0.2, 0) is 11.8 Å². The highest BCUT2D eigenvalue weighted by molar-refractivity contribution is 8.00. The van der Waals surface area contributed by atoms with E-state index in [9.17, 15) is 4.79 Å². The van der Waals surface area contributed by atoms with Crippen LogP contribution >= 0.6 is 11.8 Å². The third-order valence-electron chi connectivity index (χ3n) is 4.03. The van der Waals surface area contributed by atoms with Crippen LogP contribution in [0.25, 0.3) is 0 Å². The lowest BCUT2D eigenvalue weighted by Gasteiger charge is -2.16. The molecule has 0 aliphatic heterocycles. The summed E-state index contributed by atoms with van der Waals surface area (Å²) in [5.41, 5.74) is 6.33. The van der Waals surface area contributed by atoms with Gasteiger partial charge in [-0.3, -0.25) is 9.48 Å². The van der Waals surface area contributed by atoms with Crippen LogP contribution < -0.4 is 5.32 Å². The van der Waals surface area contributed by atoms with E-state index >= 15 is 0 Å². The van der Waals surface area contributed by atoms with E-state index in [-0.39, 0.29) is 11.2 Å². The SMILES string of the molecule is Cc1cc(C)c(S[C@@H](C)C(=O)Nc2c(C)nn(C)c2C)c(C)c1. The zero-order valence-electron chi connectivity index (χ0n) is 14.9. The van der Waals surface area contributed by atoms with Gasteiger partial charge in [-0.15, -0.1) is 11.8 Å². The maximum atomic E-state index is 12.6. The van der Waals surface area contributed by atoms with Gasteiger partial charge in [0.1, 0.15) is 0 Å². The van der Waals surface area contributed by atoms with Gasteiger partial charge in [0.2, 0.25) is 5.91 Å². The number of nitrogens with one attached hydrogen (secondary N) is 1. The fourth-order valence-electron chi connectivity index (χ4n) is 2.76. The molecule has 2 rings (SSSR count). The second-order valence-corrected chi connectivity index (χ2v) is 7.50. The molecule has 1 aromatic heterocycles. The Morgan fingerprint density at radius 1 is 1.17 bits per heavy atom. The molecular weight excluding hydrogens is 306 g/mol. The molecule has 1 amide bonds. The van der Waals surface area contributed by atoms with Crippen molar-refractivity contribution in [3.05, 3.63) is 40.2 Å². The van der Waals surface area contributed by atoms with Gasteiger partial charge in [-0.25, -0.2) is 0 Å². The Kier molecular flexibility index (Phi) is 5.19. The summed E-state index contributed by atoms with van der Waals surface area (Å²) >= 11 is 1.61. The van der Waals surface area contributed by atoms with E-state index in [0.29, 0.717) is 0 Å². The van der Waals surface area contributed by atoms with Gasteiger partial charge in [0.05, 0.1) is 22.3 Å². The van der Waals surface area contributed by atoms with Crippen molar-refractivity contribution < 1.29 is 4.79 Å². The van der Waals surface area contributed by atoms with Crippen LogP contribution in [0.1, 0.15) is 35.0 Å². The van der Waals surface area contributed by atoms with Crippen LogP contribution in [0, 0.1) is 34.6 Å². The fraction of sp³-hybridized carbons (Fsp3) is 0.444. The van der Waals surface area contributed by atoms with Crippen molar-refractivity contribution in [2.24, 2.45) is 7.05 Å². The smallest absolute Gasteiger partial charge is 0.237 e. The Labute approximate surface area is 142 Å². The van der Waals surface area contributed by atoms with Crippen LogP contribution in [0.15, 0.2) is 17.0 Å². The molecule has 0 unspecified atom stereocenters. The molecule has 0 saturated carbocycles. The number of carbonyl (C=O) groups is 1. The molecule has 0 saturated heterocycles. The van der Waals surface area contributed by atoms with E-state index in [0.717, 1.165) is 17.1 Å². The van der Waals surface area contributed by atoms with Gasteiger partial charge in [0, 0.05) is 11.9 Å². The van der Waals surface area contributed by atoms with E-state index in [2.05, 4.69) is 43.3 Å². The molecule has 0 aliphatic rings. The molecule has 0 spiro atoms. The van der Waals surface area contributed by atoms with Crippen molar-refractivity contribution in [1.82, 2.24) is 9.78 Å². The van der Waals surface area contributed by atoms with Gasteiger partial charge in [-0.05, 0) is 52.7 Å². The monoisotopic (exact) mass is 331 g/mol. The fourth-order valence-corrected chi connectivity index (χ4v) is 3.77. The van der Waals surface area contributed by atoms with Crippen molar-refractivity contribution in [3.63, 3.8) is 0 Å². The number of hydrogen-bond acceptors (Lipinski definition) is 3. The summed E-state index contributed by atoms with van der Waals surface area (Å²) in [7, 11) is 1.88. The second-order valence-electron chi connectivity index (χ2n) is 6.15. The highest BCUT2D eigenvalue weighted by Crippen LogP contribution is 2.31. The largest absolute Gasteiger partial charge is 0.322 e. The summed E-state index contributed by atoms with van der Waals surface area (Å²) in [4.78, 5) is 13.7. The summed E-state index contributed by atoms with van der Waals surface area (Å²) < 4.78 is 1.79. The van der Waals surface area contributed by atoms with Crippen LogP contribution in [0.2, 0.25) is 0 Å². The summed E-state index contributed by atoms with van der Waals surface area (Å²) in [6, 6.07) is 4.32. The number of rotatable bonds is 4. The average molecular weight is 331 g/mol. The number of hydrogen-bond donors (Lipinski definition) is 1. The number of aryl methyl sites for hydroxylation is 5. The zero-order chi connectivity index (χ0) is 17.3. The summed E-state index contributed by atoms with van der Waals surface area (Å²) in [6.07, 6.45) is 0. The quantitative estimate of drug-likeness (QED) is 0.859. The molecule has 1 N–H and O–H groups in total. The van der Waals surface area contributed by atoms with Gasteiger partial charge >= 0.3 is 0 Å². The summed E-state index contributed by atoms with van der Waals surface area (Å²) in [5, 5.41) is 7.19. The summed E-state index contributed by atoms with van der Waals surface area (Å²) in [6.45, 7) is 12.1. The van der Waals surface area contributed by atoms with Crippen molar-refractivity contribution in [2.75, 3.05) is 5.32 Å². The molecule has 0 fully saturated rings. The molecule has 0 radical (unpaired) electrons. The van der Waals surface area contributed by atoms with Crippen molar-refractivity contribution >= 4 is 23.4 Å². The molecule has 0 bridgehead atoms. The maximum absolute atomic E-state index is 12.6. The first-order valence-corrected chi connectivity index (χ1v) is 8.64. The average Bonchev–Trinajstić information content (AvgIpc) is 2.69.